The number of fused-ring (bicyclic) bond motifs is 1. The lowest BCUT2D eigenvalue weighted by Crippen LogP contribution is -2.68. The zero-order valence-corrected chi connectivity index (χ0v) is 18.5. The highest BCUT2D eigenvalue weighted by Crippen LogP contribution is 2.61. The highest BCUT2D eigenvalue weighted by Gasteiger charge is 2.73. The van der Waals surface area contributed by atoms with E-state index in [1.165, 1.54) is 40.4 Å². The molecule has 160 valence electrons. The number of hydrogen-bond donors (Lipinski definition) is 0. The highest BCUT2D eigenvalue weighted by molar-refractivity contribution is 6.44. The third-order valence-corrected chi connectivity index (χ3v) is 6.90. The molecule has 0 N–H and O–H groups in total. The summed E-state index contributed by atoms with van der Waals surface area (Å²) in [7, 11) is 5.48. The normalized spacial score (nSPS) is 29.4. The Bertz CT molecular complexity index is 796. The molecule has 1 fully saturated rings. The van der Waals surface area contributed by atoms with E-state index in [1.54, 1.807) is 0 Å². The van der Waals surface area contributed by atoms with E-state index in [1.807, 2.05) is 6.92 Å². The van der Waals surface area contributed by atoms with Gasteiger partial charge in [-0.25, -0.2) is 0 Å². The van der Waals surface area contributed by atoms with Crippen LogP contribution >= 0.6 is 11.6 Å². The summed E-state index contributed by atoms with van der Waals surface area (Å²) >= 11 is 6.50. The van der Waals surface area contributed by atoms with Crippen LogP contribution in [0.15, 0.2) is 33.6 Å². The predicted molar refractivity (Wildman–Crippen MR) is 108 cm³/mol. The van der Waals surface area contributed by atoms with Crippen molar-refractivity contribution in [1.29, 1.82) is 0 Å². The molecule has 6 nitrogen and oxygen atoms in total. The van der Waals surface area contributed by atoms with E-state index in [-0.39, 0.29) is 17.2 Å². The number of allylic oxidation sites excluding steroid dienone is 4. The van der Waals surface area contributed by atoms with Gasteiger partial charge in [0.15, 0.2) is 0 Å². The average molecular weight is 425 g/mol. The molecule has 3 aliphatic rings. The molecule has 0 amide bonds. The van der Waals surface area contributed by atoms with Gasteiger partial charge in [0.25, 0.3) is 5.79 Å². The smallest absolute Gasteiger partial charge is 0.319 e. The van der Waals surface area contributed by atoms with Gasteiger partial charge in [0, 0.05) is 14.2 Å². The van der Waals surface area contributed by atoms with Gasteiger partial charge in [0.1, 0.15) is 16.2 Å². The van der Waals surface area contributed by atoms with Gasteiger partial charge in [-0.2, -0.15) is 0 Å². The van der Waals surface area contributed by atoms with Gasteiger partial charge in [-0.3, -0.25) is 9.59 Å². The summed E-state index contributed by atoms with van der Waals surface area (Å²) in [5.41, 5.74) is 1.67. The molecule has 0 unspecified atom stereocenters. The molecule has 0 aromatic carbocycles. The molecule has 29 heavy (non-hydrogen) atoms. The maximum Gasteiger partial charge on any atom is 0.319 e. The van der Waals surface area contributed by atoms with E-state index < -0.39 is 28.9 Å². The lowest BCUT2D eigenvalue weighted by atomic mass is 9.55. The van der Waals surface area contributed by atoms with Crippen molar-refractivity contribution in [3.8, 4) is 0 Å². The maximum atomic E-state index is 13.4. The second-order valence-corrected chi connectivity index (χ2v) is 8.30. The SMILES string of the molecule is COC(=O)[C@]12CC(C)=CC(=C3CCCCC3)[C@H]1C(OC)=C(Cl)C(=O)C2(OC)OC. The number of methoxy groups -OCH3 is 4. The molecule has 0 spiro atoms. The van der Waals surface area contributed by atoms with Crippen LogP contribution in [0.1, 0.15) is 45.4 Å². The summed E-state index contributed by atoms with van der Waals surface area (Å²) in [6.07, 6.45) is 7.54. The number of ketones is 1. The predicted octanol–water partition coefficient (Wildman–Crippen LogP) is 4.04. The molecule has 0 saturated heterocycles. The van der Waals surface area contributed by atoms with Gasteiger partial charge in [0.2, 0.25) is 5.78 Å². The van der Waals surface area contributed by atoms with Crippen molar-refractivity contribution in [2.24, 2.45) is 11.3 Å². The second kappa shape index (κ2) is 8.25. The quantitative estimate of drug-likeness (QED) is 0.501. The Hall–Kier alpha value is -1.63. The molecule has 3 rings (SSSR count). The van der Waals surface area contributed by atoms with Crippen LogP contribution < -0.4 is 0 Å². The molecule has 0 bridgehead atoms. The Morgan fingerprint density at radius 2 is 1.72 bits per heavy atom. The number of Topliss-reactive ketones (excluding diaryl/α,β-unsaturated/α-hetero) is 1. The van der Waals surface area contributed by atoms with Crippen molar-refractivity contribution in [2.45, 2.75) is 51.2 Å². The summed E-state index contributed by atoms with van der Waals surface area (Å²) in [6, 6.07) is 0. The molecular formula is C22H29ClO6. The average Bonchev–Trinajstić information content (AvgIpc) is 2.75. The Kier molecular flexibility index (Phi) is 6.27. The Balaban J connectivity index is 2.43. The van der Waals surface area contributed by atoms with Crippen molar-refractivity contribution in [3.05, 3.63) is 33.6 Å². The number of esters is 1. The minimum Gasteiger partial charge on any atom is -0.499 e. The van der Waals surface area contributed by atoms with Crippen molar-refractivity contribution < 1.29 is 28.5 Å². The van der Waals surface area contributed by atoms with Gasteiger partial charge in [-0.15, -0.1) is 0 Å². The van der Waals surface area contributed by atoms with E-state index in [2.05, 4.69) is 6.08 Å². The Morgan fingerprint density at radius 3 is 2.24 bits per heavy atom. The summed E-state index contributed by atoms with van der Waals surface area (Å²) in [5, 5.41) is -0.109. The lowest BCUT2D eigenvalue weighted by molar-refractivity contribution is -0.270. The van der Waals surface area contributed by atoms with Crippen LogP contribution in [0.25, 0.3) is 0 Å². The topological polar surface area (TPSA) is 71.1 Å². The first kappa shape index (κ1) is 22.1. The van der Waals surface area contributed by atoms with Crippen molar-refractivity contribution >= 4 is 23.4 Å². The molecule has 3 aliphatic carbocycles. The maximum absolute atomic E-state index is 13.4. The fourth-order valence-electron chi connectivity index (χ4n) is 5.38. The van der Waals surface area contributed by atoms with Crippen molar-refractivity contribution in [3.63, 3.8) is 0 Å². The largest absolute Gasteiger partial charge is 0.499 e. The number of hydrogen-bond acceptors (Lipinski definition) is 6. The van der Waals surface area contributed by atoms with Gasteiger partial charge in [0.05, 0.1) is 20.1 Å². The highest BCUT2D eigenvalue weighted by atomic mass is 35.5. The van der Waals surface area contributed by atoms with Crippen LogP contribution in [-0.4, -0.2) is 46.0 Å². The van der Waals surface area contributed by atoms with Crippen LogP contribution in [0.4, 0.5) is 0 Å². The fourth-order valence-corrected chi connectivity index (χ4v) is 5.70. The first-order valence-corrected chi connectivity index (χ1v) is 10.3. The zero-order chi connectivity index (χ0) is 21.4. The van der Waals surface area contributed by atoms with Crippen LogP contribution in [0, 0.1) is 11.3 Å². The van der Waals surface area contributed by atoms with Crippen molar-refractivity contribution in [2.75, 3.05) is 28.4 Å². The first-order valence-electron chi connectivity index (χ1n) is 9.90. The van der Waals surface area contributed by atoms with E-state index in [0.29, 0.717) is 0 Å². The van der Waals surface area contributed by atoms with E-state index in [4.69, 9.17) is 30.5 Å². The Labute approximate surface area is 176 Å². The third-order valence-electron chi connectivity index (χ3n) is 6.54. The number of halogens is 1. The van der Waals surface area contributed by atoms with Gasteiger partial charge >= 0.3 is 5.97 Å². The molecule has 0 aliphatic heterocycles. The molecule has 0 radical (unpaired) electrons. The van der Waals surface area contributed by atoms with Gasteiger partial charge < -0.3 is 18.9 Å². The van der Waals surface area contributed by atoms with Crippen LogP contribution in [0.2, 0.25) is 0 Å². The number of carbonyl (C=O) groups is 2. The summed E-state index contributed by atoms with van der Waals surface area (Å²) < 4.78 is 22.3. The molecular weight excluding hydrogens is 396 g/mol. The molecule has 0 aromatic rings. The molecule has 1 saturated carbocycles. The summed E-state index contributed by atoms with van der Waals surface area (Å²) in [4.78, 5) is 26.8. The Morgan fingerprint density at radius 1 is 1.10 bits per heavy atom. The lowest BCUT2D eigenvalue weighted by Gasteiger charge is -2.54. The van der Waals surface area contributed by atoms with E-state index in [9.17, 15) is 9.59 Å². The summed E-state index contributed by atoms with van der Waals surface area (Å²) in [5.74, 6) is -3.50. The van der Waals surface area contributed by atoms with Crippen LogP contribution in [0.3, 0.4) is 0 Å². The number of ether oxygens (including phenoxy) is 4. The summed E-state index contributed by atoms with van der Waals surface area (Å²) in [6.45, 7) is 1.94. The van der Waals surface area contributed by atoms with Crippen LogP contribution in [-0.2, 0) is 28.5 Å². The zero-order valence-electron chi connectivity index (χ0n) is 17.7. The molecule has 0 aromatic heterocycles. The first-order chi connectivity index (χ1) is 13.8. The van der Waals surface area contributed by atoms with Gasteiger partial charge in [-0.1, -0.05) is 35.2 Å². The second-order valence-electron chi connectivity index (χ2n) is 7.92. The standard InChI is InChI=1S/C22H29ClO6/c1-13-11-15(14-9-7-6-8-10-14)16-18(26-2)17(23)19(24)22(28-4,29-5)21(16,12-13)20(25)27-3/h11,16H,6-10,12H2,1-5H3/t16-,21-/m0/s1. The minimum absolute atomic E-state index is 0.109. The number of carbonyl (C=O) groups excluding carboxylic acids is 2. The molecule has 0 heterocycles. The monoisotopic (exact) mass is 424 g/mol. The molecule has 2 atom stereocenters. The fraction of sp³-hybridized carbons (Fsp3) is 0.636. The minimum atomic E-state index is -1.92. The van der Waals surface area contributed by atoms with Crippen molar-refractivity contribution in [1.82, 2.24) is 0 Å². The van der Waals surface area contributed by atoms with E-state index in [0.717, 1.165) is 36.8 Å². The van der Waals surface area contributed by atoms with Crippen LogP contribution in [0.5, 0.6) is 0 Å². The van der Waals surface area contributed by atoms with E-state index >= 15 is 0 Å². The third kappa shape index (κ3) is 2.99. The van der Waals surface area contributed by atoms with Gasteiger partial charge in [-0.05, 0) is 44.6 Å². The molecule has 7 heteroatoms. The number of rotatable bonds is 4.